The first-order valence-corrected chi connectivity index (χ1v) is 7.94. The first-order chi connectivity index (χ1) is 10.1. The lowest BCUT2D eigenvalue weighted by Crippen LogP contribution is -2.57. The van der Waals surface area contributed by atoms with Crippen LogP contribution in [-0.4, -0.2) is 61.7 Å². The van der Waals surface area contributed by atoms with Crippen molar-refractivity contribution in [2.45, 2.75) is 19.4 Å². The van der Waals surface area contributed by atoms with Crippen LogP contribution in [-0.2, 0) is 0 Å². The van der Waals surface area contributed by atoms with Gasteiger partial charge in [0, 0.05) is 44.8 Å². The molecule has 0 atom stereocenters. The first kappa shape index (κ1) is 16.2. The van der Waals surface area contributed by atoms with Crippen LogP contribution >= 0.6 is 0 Å². The van der Waals surface area contributed by atoms with E-state index >= 15 is 0 Å². The van der Waals surface area contributed by atoms with E-state index in [0.29, 0.717) is 0 Å². The molecule has 1 aliphatic heterocycles. The Hall–Kier alpha value is -1.16. The van der Waals surface area contributed by atoms with Gasteiger partial charge in [0.2, 0.25) is 0 Å². The normalized spacial score (nSPS) is 18.4. The molecular weight excluding hydrogens is 258 g/mol. The summed E-state index contributed by atoms with van der Waals surface area (Å²) in [4.78, 5) is 5.00. The highest BCUT2D eigenvalue weighted by Gasteiger charge is 2.28. The van der Waals surface area contributed by atoms with Crippen molar-refractivity contribution in [3.8, 4) is 0 Å². The second-order valence-electron chi connectivity index (χ2n) is 6.55. The highest BCUT2D eigenvalue weighted by Crippen LogP contribution is 2.15. The Balaban J connectivity index is 1.71. The zero-order chi connectivity index (χ0) is 15.1. The fourth-order valence-corrected chi connectivity index (χ4v) is 2.74. The summed E-state index contributed by atoms with van der Waals surface area (Å²) in [5.41, 5.74) is 1.49. The van der Waals surface area contributed by atoms with Gasteiger partial charge in [0.15, 0.2) is 0 Å². The Morgan fingerprint density at radius 2 is 1.76 bits per heavy atom. The maximum absolute atomic E-state index is 3.56. The number of rotatable bonds is 6. The Labute approximate surface area is 129 Å². The fraction of sp³-hybridized carbons (Fsp3) is 0.556. The van der Waals surface area contributed by atoms with Crippen molar-refractivity contribution in [2.75, 3.05) is 46.3 Å². The SMILES string of the molecule is CN1CCN(C(C)(C)CNC/C=C/c2ccccc2)CC1. The van der Waals surface area contributed by atoms with Crippen LogP contribution < -0.4 is 5.32 Å². The number of hydrogen-bond acceptors (Lipinski definition) is 3. The van der Waals surface area contributed by atoms with E-state index < -0.39 is 0 Å². The molecule has 1 heterocycles. The Kier molecular flexibility index (Phi) is 5.97. The molecule has 1 aromatic carbocycles. The molecule has 3 heteroatoms. The molecule has 0 aliphatic carbocycles. The second kappa shape index (κ2) is 7.74. The number of piperazine rings is 1. The van der Waals surface area contributed by atoms with Gasteiger partial charge in [0.1, 0.15) is 0 Å². The van der Waals surface area contributed by atoms with Crippen molar-refractivity contribution in [2.24, 2.45) is 0 Å². The van der Waals surface area contributed by atoms with Crippen LogP contribution in [0.2, 0.25) is 0 Å². The van der Waals surface area contributed by atoms with Crippen LogP contribution in [0.15, 0.2) is 36.4 Å². The summed E-state index contributed by atoms with van der Waals surface area (Å²) in [6.07, 6.45) is 4.38. The van der Waals surface area contributed by atoms with E-state index in [1.54, 1.807) is 0 Å². The molecule has 1 fully saturated rings. The summed E-state index contributed by atoms with van der Waals surface area (Å²) in [6, 6.07) is 10.5. The number of hydrogen-bond donors (Lipinski definition) is 1. The van der Waals surface area contributed by atoms with Crippen LogP contribution in [0.1, 0.15) is 19.4 Å². The highest BCUT2D eigenvalue weighted by molar-refractivity contribution is 5.48. The largest absolute Gasteiger partial charge is 0.311 e. The monoisotopic (exact) mass is 287 g/mol. The van der Waals surface area contributed by atoms with Gasteiger partial charge in [-0.3, -0.25) is 4.90 Å². The average Bonchev–Trinajstić information content (AvgIpc) is 2.48. The molecule has 21 heavy (non-hydrogen) atoms. The number of nitrogens with one attached hydrogen (secondary N) is 1. The molecule has 0 spiro atoms. The van der Waals surface area contributed by atoms with Gasteiger partial charge < -0.3 is 10.2 Å². The number of benzene rings is 1. The molecule has 1 N–H and O–H groups in total. The van der Waals surface area contributed by atoms with Crippen molar-refractivity contribution < 1.29 is 0 Å². The van der Waals surface area contributed by atoms with Crippen molar-refractivity contribution >= 4 is 6.08 Å². The van der Waals surface area contributed by atoms with Crippen molar-refractivity contribution in [3.05, 3.63) is 42.0 Å². The van der Waals surface area contributed by atoms with E-state index in [0.717, 1.165) is 13.1 Å². The van der Waals surface area contributed by atoms with Gasteiger partial charge in [-0.15, -0.1) is 0 Å². The average molecular weight is 287 g/mol. The van der Waals surface area contributed by atoms with Crippen LogP contribution in [0.25, 0.3) is 6.08 Å². The Morgan fingerprint density at radius 1 is 1.10 bits per heavy atom. The maximum Gasteiger partial charge on any atom is 0.0278 e. The zero-order valence-corrected chi connectivity index (χ0v) is 13.7. The molecule has 2 rings (SSSR count). The van der Waals surface area contributed by atoms with Gasteiger partial charge in [0.05, 0.1) is 0 Å². The molecule has 0 aromatic heterocycles. The topological polar surface area (TPSA) is 18.5 Å². The molecule has 0 bridgehead atoms. The summed E-state index contributed by atoms with van der Waals surface area (Å²) >= 11 is 0. The molecule has 1 saturated heterocycles. The Morgan fingerprint density at radius 3 is 2.43 bits per heavy atom. The van der Waals surface area contributed by atoms with Gasteiger partial charge in [-0.2, -0.15) is 0 Å². The Bertz CT molecular complexity index is 431. The van der Waals surface area contributed by atoms with Gasteiger partial charge in [-0.05, 0) is 26.5 Å². The molecule has 116 valence electrons. The van der Waals surface area contributed by atoms with E-state index in [1.807, 2.05) is 6.07 Å². The third kappa shape index (κ3) is 5.27. The molecule has 0 radical (unpaired) electrons. The van der Waals surface area contributed by atoms with Crippen LogP contribution in [0.3, 0.4) is 0 Å². The highest BCUT2D eigenvalue weighted by atomic mass is 15.3. The summed E-state index contributed by atoms with van der Waals surface area (Å²) in [6.45, 7) is 11.3. The van der Waals surface area contributed by atoms with Crippen molar-refractivity contribution in [1.29, 1.82) is 0 Å². The first-order valence-electron chi connectivity index (χ1n) is 7.94. The lowest BCUT2D eigenvalue weighted by Gasteiger charge is -2.43. The van der Waals surface area contributed by atoms with E-state index in [2.05, 4.69) is 72.4 Å². The molecule has 1 aliphatic rings. The minimum absolute atomic E-state index is 0.224. The van der Waals surface area contributed by atoms with Gasteiger partial charge in [0.25, 0.3) is 0 Å². The van der Waals surface area contributed by atoms with E-state index in [9.17, 15) is 0 Å². The third-order valence-corrected chi connectivity index (χ3v) is 4.29. The molecule has 0 unspecified atom stereocenters. The predicted octanol–water partition coefficient (Wildman–Crippen LogP) is 2.32. The minimum Gasteiger partial charge on any atom is -0.311 e. The van der Waals surface area contributed by atoms with Crippen molar-refractivity contribution in [3.63, 3.8) is 0 Å². The van der Waals surface area contributed by atoms with Crippen molar-refractivity contribution in [1.82, 2.24) is 15.1 Å². The van der Waals surface area contributed by atoms with Crippen LogP contribution in [0, 0.1) is 0 Å². The molecule has 0 amide bonds. The predicted molar refractivity (Wildman–Crippen MR) is 91.5 cm³/mol. The van der Waals surface area contributed by atoms with Crippen LogP contribution in [0.4, 0.5) is 0 Å². The molecule has 1 aromatic rings. The van der Waals surface area contributed by atoms with E-state index in [-0.39, 0.29) is 5.54 Å². The number of likely N-dealkylation sites (N-methyl/N-ethyl adjacent to an activating group) is 1. The lowest BCUT2D eigenvalue weighted by molar-refractivity contribution is 0.0626. The quantitative estimate of drug-likeness (QED) is 0.810. The van der Waals surface area contributed by atoms with Crippen LogP contribution in [0.5, 0.6) is 0 Å². The lowest BCUT2D eigenvalue weighted by atomic mass is 10.0. The maximum atomic E-state index is 3.56. The minimum atomic E-state index is 0.224. The van der Waals surface area contributed by atoms with Gasteiger partial charge >= 0.3 is 0 Å². The molecular formula is C18H29N3. The zero-order valence-electron chi connectivity index (χ0n) is 13.7. The summed E-state index contributed by atoms with van der Waals surface area (Å²) in [5.74, 6) is 0. The van der Waals surface area contributed by atoms with E-state index in [1.165, 1.54) is 31.7 Å². The smallest absolute Gasteiger partial charge is 0.0278 e. The molecule has 0 saturated carbocycles. The van der Waals surface area contributed by atoms with Gasteiger partial charge in [-0.1, -0.05) is 42.5 Å². The third-order valence-electron chi connectivity index (χ3n) is 4.29. The summed E-state index contributed by atoms with van der Waals surface area (Å²) < 4.78 is 0. The molecule has 3 nitrogen and oxygen atoms in total. The standard InChI is InChI=1S/C18H29N3/c1-18(2,21-14-12-20(3)13-15-21)16-19-11-7-10-17-8-5-4-6-9-17/h4-10,19H,11-16H2,1-3H3/b10-7+. The number of nitrogens with zero attached hydrogens (tertiary/aromatic N) is 2. The summed E-state index contributed by atoms with van der Waals surface area (Å²) in [5, 5.41) is 3.56. The van der Waals surface area contributed by atoms with E-state index in [4.69, 9.17) is 0 Å². The summed E-state index contributed by atoms with van der Waals surface area (Å²) in [7, 11) is 2.21. The second-order valence-corrected chi connectivity index (χ2v) is 6.55. The van der Waals surface area contributed by atoms with Gasteiger partial charge in [-0.25, -0.2) is 0 Å². The fourth-order valence-electron chi connectivity index (χ4n) is 2.74.